The van der Waals surface area contributed by atoms with Crippen molar-refractivity contribution in [3.8, 4) is 0 Å². The van der Waals surface area contributed by atoms with E-state index in [4.69, 9.17) is 4.74 Å². The third kappa shape index (κ3) is 6.15. The molecule has 1 amide bonds. The Kier molecular flexibility index (Phi) is 6.09. The summed E-state index contributed by atoms with van der Waals surface area (Å²) in [6, 6.07) is 6.58. The number of amides is 1. The predicted molar refractivity (Wildman–Crippen MR) is 96.5 cm³/mol. The Hall–Kier alpha value is -1.07. The van der Waals surface area contributed by atoms with E-state index in [2.05, 4.69) is 51.3 Å². The Labute approximate surface area is 147 Å². The van der Waals surface area contributed by atoms with Crippen LogP contribution in [-0.4, -0.2) is 35.7 Å². The molecule has 1 unspecified atom stereocenters. The summed E-state index contributed by atoms with van der Waals surface area (Å²) in [6.07, 6.45) is 1.77. The summed E-state index contributed by atoms with van der Waals surface area (Å²) in [7, 11) is 0. The second kappa shape index (κ2) is 7.67. The molecule has 1 aromatic carbocycles. The van der Waals surface area contributed by atoms with Crippen molar-refractivity contribution in [2.75, 3.05) is 13.1 Å². The van der Waals surface area contributed by atoms with E-state index >= 15 is 0 Å². The van der Waals surface area contributed by atoms with Crippen LogP contribution in [0.15, 0.2) is 22.7 Å². The van der Waals surface area contributed by atoms with Crippen molar-refractivity contribution < 1.29 is 9.53 Å². The zero-order valence-corrected chi connectivity index (χ0v) is 16.1. The highest BCUT2D eigenvalue weighted by Crippen LogP contribution is 2.22. The van der Waals surface area contributed by atoms with E-state index in [1.807, 2.05) is 20.8 Å². The molecular weight excluding hydrogens is 356 g/mol. The van der Waals surface area contributed by atoms with Crippen LogP contribution in [0.1, 0.15) is 44.7 Å². The van der Waals surface area contributed by atoms with Gasteiger partial charge in [0.1, 0.15) is 5.60 Å². The molecule has 0 saturated carbocycles. The Bertz CT molecular complexity index is 554. The number of halogens is 1. The predicted octanol–water partition coefficient (Wildman–Crippen LogP) is 4.25. The first-order chi connectivity index (χ1) is 10.7. The largest absolute Gasteiger partial charge is 0.444 e. The number of nitrogens with zero attached hydrogens (tertiary/aromatic N) is 1. The first-order valence-corrected chi connectivity index (χ1v) is 8.99. The Morgan fingerprint density at radius 2 is 2.17 bits per heavy atom. The van der Waals surface area contributed by atoms with Crippen molar-refractivity contribution in [3.05, 3.63) is 33.8 Å². The minimum atomic E-state index is -0.454. The number of rotatable bonds is 3. The van der Waals surface area contributed by atoms with E-state index in [-0.39, 0.29) is 12.1 Å². The number of ether oxygens (including phenoxy) is 1. The van der Waals surface area contributed by atoms with E-state index in [0.717, 1.165) is 36.9 Å². The normalized spacial score (nSPS) is 19.4. The molecule has 1 heterocycles. The van der Waals surface area contributed by atoms with Crippen LogP contribution in [0.4, 0.5) is 4.79 Å². The second-order valence-corrected chi connectivity index (χ2v) is 8.17. The van der Waals surface area contributed by atoms with Crippen LogP contribution < -0.4 is 5.32 Å². The highest BCUT2D eigenvalue weighted by Gasteiger charge is 2.24. The molecule has 1 atom stereocenters. The first-order valence-electron chi connectivity index (χ1n) is 8.20. The van der Waals surface area contributed by atoms with Crippen LogP contribution in [0.3, 0.4) is 0 Å². The lowest BCUT2D eigenvalue weighted by atomic mass is 10.0. The number of piperidine rings is 1. The van der Waals surface area contributed by atoms with Crippen LogP contribution in [0, 0.1) is 6.92 Å². The van der Waals surface area contributed by atoms with E-state index in [1.54, 1.807) is 0 Å². The molecule has 1 fully saturated rings. The van der Waals surface area contributed by atoms with Gasteiger partial charge in [-0.3, -0.25) is 4.90 Å². The van der Waals surface area contributed by atoms with Crippen molar-refractivity contribution in [1.82, 2.24) is 10.2 Å². The lowest BCUT2D eigenvalue weighted by molar-refractivity contribution is 0.0470. The van der Waals surface area contributed by atoms with E-state index in [1.165, 1.54) is 11.1 Å². The lowest BCUT2D eigenvalue weighted by Gasteiger charge is -2.33. The topological polar surface area (TPSA) is 41.6 Å². The van der Waals surface area contributed by atoms with Gasteiger partial charge in [-0.2, -0.15) is 0 Å². The zero-order chi connectivity index (χ0) is 17.0. The van der Waals surface area contributed by atoms with Gasteiger partial charge >= 0.3 is 6.09 Å². The zero-order valence-electron chi connectivity index (χ0n) is 14.5. The summed E-state index contributed by atoms with van der Waals surface area (Å²) in [5.41, 5.74) is 2.11. The van der Waals surface area contributed by atoms with Crippen LogP contribution in [0.2, 0.25) is 0 Å². The number of likely N-dealkylation sites (tertiary alicyclic amines) is 1. The standard InChI is InChI=1S/C18H27BrN2O2/c1-13-7-8-16(19)14(10-13)11-21-9-5-6-15(12-21)20-17(22)23-18(2,3)4/h7-8,10,15H,5-6,9,11-12H2,1-4H3,(H,20,22). The van der Waals surface area contributed by atoms with Gasteiger partial charge in [0.15, 0.2) is 0 Å². The van der Waals surface area contributed by atoms with E-state index in [9.17, 15) is 4.79 Å². The number of benzene rings is 1. The van der Waals surface area contributed by atoms with Crippen LogP contribution >= 0.6 is 15.9 Å². The number of carbonyl (C=O) groups is 1. The number of carbonyl (C=O) groups excluding carboxylic acids is 1. The van der Waals surface area contributed by atoms with Crippen LogP contribution in [0.25, 0.3) is 0 Å². The summed E-state index contributed by atoms with van der Waals surface area (Å²) in [6.45, 7) is 10.6. The first kappa shape index (κ1) is 18.3. The van der Waals surface area contributed by atoms with Gasteiger partial charge in [0.05, 0.1) is 0 Å². The van der Waals surface area contributed by atoms with Crippen molar-refractivity contribution in [3.63, 3.8) is 0 Å². The molecule has 0 aromatic heterocycles. The third-order valence-corrected chi connectivity index (χ3v) is 4.60. The molecule has 0 bridgehead atoms. The molecule has 1 aliphatic heterocycles. The maximum absolute atomic E-state index is 11.9. The fourth-order valence-electron chi connectivity index (χ4n) is 2.86. The lowest BCUT2D eigenvalue weighted by Crippen LogP contribution is -2.48. The quantitative estimate of drug-likeness (QED) is 0.849. The monoisotopic (exact) mass is 382 g/mol. The number of hydrogen-bond acceptors (Lipinski definition) is 3. The highest BCUT2D eigenvalue weighted by atomic mass is 79.9. The molecule has 0 spiro atoms. The molecule has 1 aliphatic rings. The number of aryl methyl sites for hydroxylation is 1. The van der Waals surface area contributed by atoms with Crippen molar-refractivity contribution in [2.24, 2.45) is 0 Å². The summed E-state index contributed by atoms with van der Waals surface area (Å²) in [5, 5.41) is 3.00. The van der Waals surface area contributed by atoms with E-state index < -0.39 is 5.60 Å². The van der Waals surface area contributed by atoms with Gasteiger partial charge in [0.2, 0.25) is 0 Å². The highest BCUT2D eigenvalue weighted by molar-refractivity contribution is 9.10. The average molecular weight is 383 g/mol. The minimum absolute atomic E-state index is 0.155. The van der Waals surface area contributed by atoms with Gasteiger partial charge in [-0.15, -0.1) is 0 Å². The average Bonchev–Trinajstić information content (AvgIpc) is 2.41. The summed E-state index contributed by atoms with van der Waals surface area (Å²) in [5.74, 6) is 0. The second-order valence-electron chi connectivity index (χ2n) is 7.32. The number of hydrogen-bond donors (Lipinski definition) is 1. The van der Waals surface area contributed by atoms with Crippen LogP contribution in [-0.2, 0) is 11.3 Å². The van der Waals surface area contributed by atoms with Gasteiger partial charge in [-0.05, 0) is 58.7 Å². The van der Waals surface area contributed by atoms with Gasteiger partial charge < -0.3 is 10.1 Å². The Balaban J connectivity index is 1.90. The summed E-state index contributed by atoms with van der Waals surface area (Å²) >= 11 is 3.63. The molecule has 0 aliphatic carbocycles. The van der Waals surface area contributed by atoms with E-state index in [0.29, 0.717) is 0 Å². The summed E-state index contributed by atoms with van der Waals surface area (Å²) in [4.78, 5) is 14.3. The van der Waals surface area contributed by atoms with Crippen LogP contribution in [0.5, 0.6) is 0 Å². The van der Waals surface area contributed by atoms with Crippen molar-refractivity contribution in [1.29, 1.82) is 0 Å². The SMILES string of the molecule is Cc1ccc(Br)c(CN2CCCC(NC(=O)OC(C)(C)C)C2)c1. The Morgan fingerprint density at radius 3 is 2.87 bits per heavy atom. The van der Waals surface area contributed by atoms with Gasteiger partial charge in [0, 0.05) is 23.6 Å². The smallest absolute Gasteiger partial charge is 0.407 e. The molecule has 4 nitrogen and oxygen atoms in total. The molecule has 1 aromatic rings. The fraction of sp³-hybridized carbons (Fsp3) is 0.611. The molecule has 2 rings (SSSR count). The van der Waals surface area contributed by atoms with Gasteiger partial charge in [-0.25, -0.2) is 4.79 Å². The number of alkyl carbamates (subject to hydrolysis) is 1. The summed E-state index contributed by atoms with van der Waals surface area (Å²) < 4.78 is 6.50. The molecule has 0 radical (unpaired) electrons. The minimum Gasteiger partial charge on any atom is -0.444 e. The molecule has 128 valence electrons. The van der Waals surface area contributed by atoms with Crippen molar-refractivity contribution >= 4 is 22.0 Å². The third-order valence-electron chi connectivity index (χ3n) is 3.82. The molecule has 23 heavy (non-hydrogen) atoms. The molecule has 1 saturated heterocycles. The number of nitrogens with one attached hydrogen (secondary N) is 1. The molecule has 1 N–H and O–H groups in total. The Morgan fingerprint density at radius 1 is 1.43 bits per heavy atom. The van der Waals surface area contributed by atoms with Gasteiger partial charge in [-0.1, -0.05) is 33.6 Å². The van der Waals surface area contributed by atoms with Crippen molar-refractivity contribution in [2.45, 2.75) is 58.7 Å². The maximum Gasteiger partial charge on any atom is 0.407 e. The molecule has 5 heteroatoms. The maximum atomic E-state index is 11.9. The van der Waals surface area contributed by atoms with Gasteiger partial charge in [0.25, 0.3) is 0 Å². The fourth-order valence-corrected chi connectivity index (χ4v) is 3.23. The molecular formula is C18H27BrN2O2.